The number of para-hydroxylation sites is 1. The van der Waals surface area contributed by atoms with Crippen molar-refractivity contribution in [2.75, 3.05) is 12.0 Å². The molecule has 2 aliphatic heterocycles. The van der Waals surface area contributed by atoms with Crippen molar-refractivity contribution in [1.29, 1.82) is 0 Å². The lowest BCUT2D eigenvalue weighted by atomic mass is 9.67. The Labute approximate surface area is 117 Å². The highest BCUT2D eigenvalue weighted by Crippen LogP contribution is 2.29. The van der Waals surface area contributed by atoms with Gasteiger partial charge in [-0.05, 0) is 29.2 Å². The van der Waals surface area contributed by atoms with Gasteiger partial charge in [0.25, 0.3) is 0 Å². The molecule has 4 nitrogen and oxygen atoms in total. The summed E-state index contributed by atoms with van der Waals surface area (Å²) in [5, 5.41) is 4.54. The molecule has 0 amide bonds. The van der Waals surface area contributed by atoms with Crippen LogP contribution in [0, 0.1) is 0 Å². The highest BCUT2D eigenvalue weighted by molar-refractivity contribution is 6.73. The van der Waals surface area contributed by atoms with Crippen molar-refractivity contribution in [2.45, 2.75) is 6.61 Å². The van der Waals surface area contributed by atoms with Crippen molar-refractivity contribution >= 4 is 24.4 Å². The quantitative estimate of drug-likeness (QED) is 0.736. The van der Waals surface area contributed by atoms with Crippen molar-refractivity contribution in [1.82, 2.24) is 0 Å². The summed E-state index contributed by atoms with van der Waals surface area (Å²) in [5.41, 5.74) is 4.44. The Balaban J connectivity index is 1.81. The van der Waals surface area contributed by atoms with Gasteiger partial charge in [-0.25, -0.2) is 0 Å². The van der Waals surface area contributed by atoms with Gasteiger partial charge >= 0.3 is 7.05 Å². The topological polar surface area (TPSA) is 34.1 Å². The molecule has 0 saturated heterocycles. The first-order valence-corrected chi connectivity index (χ1v) is 6.57. The fraction of sp³-hybridized carbons (Fsp3) is 0.133. The number of nitrogens with zero attached hydrogens (tertiary/aromatic N) is 2. The molecule has 0 bridgehead atoms. The van der Waals surface area contributed by atoms with Crippen LogP contribution in [0.1, 0.15) is 11.1 Å². The first kappa shape index (κ1) is 11.6. The Morgan fingerprint density at radius 1 is 1.25 bits per heavy atom. The second kappa shape index (κ2) is 4.39. The van der Waals surface area contributed by atoms with E-state index in [1.165, 1.54) is 0 Å². The molecule has 0 fully saturated rings. The zero-order chi connectivity index (χ0) is 13.5. The number of benzene rings is 2. The van der Waals surface area contributed by atoms with Gasteiger partial charge in [-0.2, -0.15) is 5.10 Å². The van der Waals surface area contributed by atoms with E-state index < -0.39 is 0 Å². The molecule has 20 heavy (non-hydrogen) atoms. The number of methoxy groups -OCH3 is 1. The summed E-state index contributed by atoms with van der Waals surface area (Å²) in [4.78, 5) is 1.94. The predicted molar refractivity (Wildman–Crippen MR) is 79.7 cm³/mol. The van der Waals surface area contributed by atoms with Crippen LogP contribution in [0.4, 0.5) is 5.69 Å². The molecule has 0 atom stereocenters. The largest absolute Gasteiger partial charge is 0.497 e. The van der Waals surface area contributed by atoms with Gasteiger partial charge in [0.1, 0.15) is 5.75 Å². The zero-order valence-electron chi connectivity index (χ0n) is 11.1. The number of anilines is 1. The maximum absolute atomic E-state index is 5.98. The third kappa shape index (κ3) is 1.63. The minimum Gasteiger partial charge on any atom is -0.497 e. The first-order valence-electron chi connectivity index (χ1n) is 6.57. The second-order valence-corrected chi connectivity index (χ2v) is 4.88. The van der Waals surface area contributed by atoms with E-state index in [0.717, 1.165) is 28.0 Å². The van der Waals surface area contributed by atoms with E-state index in [4.69, 9.17) is 9.39 Å². The van der Waals surface area contributed by atoms with Gasteiger partial charge < -0.3 is 9.39 Å². The molecule has 4 rings (SSSR count). The first-order chi connectivity index (χ1) is 9.86. The van der Waals surface area contributed by atoms with E-state index in [0.29, 0.717) is 6.61 Å². The maximum atomic E-state index is 5.98. The van der Waals surface area contributed by atoms with Crippen molar-refractivity contribution in [2.24, 2.45) is 5.10 Å². The van der Waals surface area contributed by atoms with Crippen LogP contribution in [-0.2, 0) is 11.3 Å². The lowest BCUT2D eigenvalue weighted by Crippen LogP contribution is -2.54. The summed E-state index contributed by atoms with van der Waals surface area (Å²) in [5.74, 6) is 0.833. The fourth-order valence-electron chi connectivity index (χ4n) is 2.71. The number of rotatable bonds is 1. The number of fused-ring (bicyclic) bond motifs is 5. The number of hydrogen-bond acceptors (Lipinski definition) is 4. The Hall–Kier alpha value is -2.27. The molecular weight excluding hydrogens is 251 g/mol. The molecule has 0 saturated carbocycles. The normalized spacial score (nSPS) is 15.4. The van der Waals surface area contributed by atoms with Crippen molar-refractivity contribution in [3.8, 4) is 5.75 Å². The summed E-state index contributed by atoms with van der Waals surface area (Å²) in [6, 6.07) is 14.2. The molecular formula is C15H13BN2O2. The van der Waals surface area contributed by atoms with Crippen molar-refractivity contribution in [3.63, 3.8) is 0 Å². The lowest BCUT2D eigenvalue weighted by molar-refractivity contribution is 0.304. The van der Waals surface area contributed by atoms with Crippen LogP contribution >= 0.6 is 0 Å². The van der Waals surface area contributed by atoms with Crippen LogP contribution in [0.15, 0.2) is 47.6 Å². The standard InChI is InChI=1S/C15H13BN2O2/c1-19-13-6-7-14-12(8-13)9-17-18-15-5-3-2-4-11(15)10-20-16(14)18/h2-9H,10H2,1H3. The van der Waals surface area contributed by atoms with E-state index in [1.54, 1.807) is 7.11 Å². The summed E-state index contributed by atoms with van der Waals surface area (Å²) in [7, 11) is 1.51. The highest BCUT2D eigenvalue weighted by atomic mass is 16.5. The van der Waals surface area contributed by atoms with E-state index in [1.807, 2.05) is 41.5 Å². The van der Waals surface area contributed by atoms with E-state index in [9.17, 15) is 0 Å². The van der Waals surface area contributed by atoms with Crippen LogP contribution < -0.4 is 15.1 Å². The molecule has 5 heteroatoms. The summed E-state index contributed by atoms with van der Waals surface area (Å²) >= 11 is 0. The zero-order valence-corrected chi connectivity index (χ0v) is 11.1. The van der Waals surface area contributed by atoms with Crippen LogP contribution in [-0.4, -0.2) is 20.4 Å². The van der Waals surface area contributed by atoms with E-state index >= 15 is 0 Å². The molecule has 0 aromatic heterocycles. The predicted octanol–water partition coefficient (Wildman–Crippen LogP) is 1.77. The van der Waals surface area contributed by atoms with Crippen molar-refractivity contribution in [3.05, 3.63) is 53.6 Å². The average molecular weight is 264 g/mol. The SMILES string of the molecule is COc1ccc2c(c1)C=NN1B2OCc2ccccc21. The van der Waals surface area contributed by atoms with Crippen LogP contribution in [0.5, 0.6) is 5.75 Å². The van der Waals surface area contributed by atoms with E-state index in [2.05, 4.69) is 17.2 Å². The third-order valence-corrected chi connectivity index (χ3v) is 3.74. The summed E-state index contributed by atoms with van der Waals surface area (Å²) in [6.45, 7) is 0.609. The van der Waals surface area contributed by atoms with Gasteiger partial charge in [0.15, 0.2) is 0 Å². The summed E-state index contributed by atoms with van der Waals surface area (Å²) in [6.07, 6.45) is 1.86. The van der Waals surface area contributed by atoms with Gasteiger partial charge in [-0.3, -0.25) is 4.92 Å². The Morgan fingerprint density at radius 2 is 2.15 bits per heavy atom. The molecule has 0 aliphatic carbocycles. The Morgan fingerprint density at radius 3 is 3.05 bits per heavy atom. The van der Waals surface area contributed by atoms with Gasteiger partial charge in [0, 0.05) is 5.56 Å². The lowest BCUT2D eigenvalue weighted by Gasteiger charge is -2.35. The van der Waals surface area contributed by atoms with E-state index in [-0.39, 0.29) is 7.05 Å². The number of ether oxygens (including phenoxy) is 1. The molecule has 2 aromatic carbocycles. The molecule has 2 aromatic rings. The van der Waals surface area contributed by atoms with Crippen LogP contribution in [0.25, 0.3) is 0 Å². The molecule has 2 aliphatic rings. The molecule has 2 heterocycles. The summed E-state index contributed by atoms with van der Waals surface area (Å²) < 4.78 is 11.2. The highest BCUT2D eigenvalue weighted by Gasteiger charge is 2.37. The average Bonchev–Trinajstić information content (AvgIpc) is 2.53. The maximum Gasteiger partial charge on any atom is 0.474 e. The number of hydrazone groups is 1. The molecule has 0 unspecified atom stereocenters. The Kier molecular flexibility index (Phi) is 2.53. The monoisotopic (exact) mass is 264 g/mol. The molecule has 0 radical (unpaired) electrons. The molecule has 98 valence electrons. The fourth-order valence-corrected chi connectivity index (χ4v) is 2.71. The number of hydrogen-bond donors (Lipinski definition) is 0. The van der Waals surface area contributed by atoms with Gasteiger partial charge in [0.2, 0.25) is 0 Å². The molecule has 0 spiro atoms. The molecule has 0 N–H and O–H groups in total. The van der Waals surface area contributed by atoms with Gasteiger partial charge in [-0.15, -0.1) is 0 Å². The third-order valence-electron chi connectivity index (χ3n) is 3.74. The van der Waals surface area contributed by atoms with Crippen LogP contribution in [0.3, 0.4) is 0 Å². The minimum absolute atomic E-state index is 0.157. The van der Waals surface area contributed by atoms with Crippen LogP contribution in [0.2, 0.25) is 0 Å². The smallest absolute Gasteiger partial charge is 0.474 e. The van der Waals surface area contributed by atoms with Crippen molar-refractivity contribution < 1.29 is 9.39 Å². The minimum atomic E-state index is -0.157. The van der Waals surface area contributed by atoms with Gasteiger partial charge in [-0.1, -0.05) is 24.3 Å². The van der Waals surface area contributed by atoms with Gasteiger partial charge in [0.05, 0.1) is 25.6 Å². The second-order valence-electron chi connectivity index (χ2n) is 4.88. The Bertz CT molecular complexity index is 702.